The highest BCUT2D eigenvalue weighted by Crippen LogP contribution is 2.34. The van der Waals surface area contributed by atoms with Gasteiger partial charge in [-0.1, -0.05) is 30.7 Å². The standard InChI is InChI=1S/C16H17ClO3/c1-3-11-4-7-15(16(8-11)19-2)20-13-6-5-12(10-18)14(17)9-13/h4-9,18H,3,10H2,1-2H3. The van der Waals surface area contributed by atoms with Crippen molar-refractivity contribution in [1.29, 1.82) is 0 Å². The Bertz CT molecular complexity index is 596. The quantitative estimate of drug-likeness (QED) is 0.898. The van der Waals surface area contributed by atoms with Crippen LogP contribution in [0.4, 0.5) is 0 Å². The lowest BCUT2D eigenvalue weighted by Crippen LogP contribution is -1.93. The monoisotopic (exact) mass is 292 g/mol. The number of ether oxygens (including phenoxy) is 2. The molecule has 0 saturated carbocycles. The molecule has 2 aromatic carbocycles. The number of aliphatic hydroxyl groups is 1. The van der Waals surface area contributed by atoms with Crippen LogP contribution in [0, 0.1) is 0 Å². The summed E-state index contributed by atoms with van der Waals surface area (Å²) in [4.78, 5) is 0. The fourth-order valence-electron chi connectivity index (χ4n) is 1.86. The Hall–Kier alpha value is -1.71. The molecule has 20 heavy (non-hydrogen) atoms. The minimum atomic E-state index is -0.0897. The van der Waals surface area contributed by atoms with Gasteiger partial charge in [-0.15, -0.1) is 0 Å². The third kappa shape index (κ3) is 3.24. The summed E-state index contributed by atoms with van der Waals surface area (Å²) in [6.45, 7) is 2.00. The molecule has 3 nitrogen and oxygen atoms in total. The van der Waals surface area contributed by atoms with Gasteiger partial charge in [0.15, 0.2) is 11.5 Å². The van der Waals surface area contributed by atoms with Gasteiger partial charge in [-0.25, -0.2) is 0 Å². The molecule has 0 heterocycles. The molecule has 0 aliphatic carbocycles. The van der Waals surface area contributed by atoms with Crippen molar-refractivity contribution in [3.63, 3.8) is 0 Å². The first kappa shape index (κ1) is 14.7. The van der Waals surface area contributed by atoms with Gasteiger partial charge in [-0.05, 0) is 41.8 Å². The molecule has 1 N–H and O–H groups in total. The molecule has 2 aromatic rings. The van der Waals surface area contributed by atoms with Gasteiger partial charge in [0.2, 0.25) is 0 Å². The first-order chi connectivity index (χ1) is 9.67. The van der Waals surface area contributed by atoms with Crippen molar-refractivity contribution < 1.29 is 14.6 Å². The van der Waals surface area contributed by atoms with Crippen LogP contribution < -0.4 is 9.47 Å². The summed E-state index contributed by atoms with van der Waals surface area (Å²) in [5.41, 5.74) is 1.86. The minimum Gasteiger partial charge on any atom is -0.493 e. The van der Waals surface area contributed by atoms with Crippen LogP contribution >= 0.6 is 11.6 Å². The van der Waals surface area contributed by atoms with E-state index in [2.05, 4.69) is 6.92 Å². The molecule has 106 valence electrons. The van der Waals surface area contributed by atoms with Gasteiger partial charge in [0.1, 0.15) is 5.75 Å². The largest absolute Gasteiger partial charge is 0.493 e. The number of hydrogen-bond donors (Lipinski definition) is 1. The Morgan fingerprint density at radius 2 is 1.90 bits per heavy atom. The molecule has 0 atom stereocenters. The van der Waals surface area contributed by atoms with Crippen LogP contribution in [0.15, 0.2) is 36.4 Å². The van der Waals surface area contributed by atoms with Crippen LogP contribution in [0.25, 0.3) is 0 Å². The van der Waals surface area contributed by atoms with Crippen molar-refractivity contribution in [2.75, 3.05) is 7.11 Å². The van der Waals surface area contributed by atoms with E-state index in [4.69, 9.17) is 26.2 Å². The molecule has 0 bridgehead atoms. The van der Waals surface area contributed by atoms with E-state index in [9.17, 15) is 0 Å². The number of methoxy groups -OCH3 is 1. The molecule has 0 aromatic heterocycles. The van der Waals surface area contributed by atoms with Crippen LogP contribution in [0.5, 0.6) is 17.2 Å². The number of benzene rings is 2. The lowest BCUT2D eigenvalue weighted by molar-refractivity contribution is 0.282. The van der Waals surface area contributed by atoms with Crippen LogP contribution in [0.2, 0.25) is 5.02 Å². The molecule has 0 radical (unpaired) electrons. The predicted molar refractivity (Wildman–Crippen MR) is 79.8 cm³/mol. The van der Waals surface area contributed by atoms with Crippen LogP contribution in [-0.2, 0) is 13.0 Å². The smallest absolute Gasteiger partial charge is 0.169 e. The van der Waals surface area contributed by atoms with Crippen LogP contribution in [0.1, 0.15) is 18.1 Å². The van der Waals surface area contributed by atoms with Gasteiger partial charge in [0, 0.05) is 5.02 Å². The second kappa shape index (κ2) is 6.64. The average Bonchev–Trinajstić information content (AvgIpc) is 2.48. The second-order valence-corrected chi connectivity index (χ2v) is 4.76. The van der Waals surface area contributed by atoms with Gasteiger partial charge >= 0.3 is 0 Å². The first-order valence-electron chi connectivity index (χ1n) is 6.42. The van der Waals surface area contributed by atoms with Crippen molar-refractivity contribution in [1.82, 2.24) is 0 Å². The van der Waals surface area contributed by atoms with E-state index in [0.29, 0.717) is 27.8 Å². The molecule has 0 fully saturated rings. The van der Waals surface area contributed by atoms with E-state index >= 15 is 0 Å². The maximum atomic E-state index is 9.09. The van der Waals surface area contributed by atoms with E-state index in [1.165, 1.54) is 5.56 Å². The highest BCUT2D eigenvalue weighted by Gasteiger charge is 2.08. The van der Waals surface area contributed by atoms with Crippen molar-refractivity contribution in [3.05, 3.63) is 52.5 Å². The topological polar surface area (TPSA) is 38.7 Å². The fraction of sp³-hybridized carbons (Fsp3) is 0.250. The summed E-state index contributed by atoms with van der Waals surface area (Å²) < 4.78 is 11.1. The number of hydrogen-bond acceptors (Lipinski definition) is 3. The van der Waals surface area contributed by atoms with E-state index in [0.717, 1.165) is 6.42 Å². The van der Waals surface area contributed by atoms with Crippen molar-refractivity contribution in [2.45, 2.75) is 20.0 Å². The fourth-order valence-corrected chi connectivity index (χ4v) is 2.09. The molecule has 0 unspecified atom stereocenters. The Morgan fingerprint density at radius 1 is 1.10 bits per heavy atom. The van der Waals surface area contributed by atoms with Gasteiger partial charge in [0.05, 0.1) is 13.7 Å². The molecular weight excluding hydrogens is 276 g/mol. The zero-order valence-electron chi connectivity index (χ0n) is 11.5. The zero-order chi connectivity index (χ0) is 14.5. The van der Waals surface area contributed by atoms with Gasteiger partial charge in [-0.3, -0.25) is 0 Å². The number of rotatable bonds is 5. The summed E-state index contributed by atoms with van der Waals surface area (Å²) in [5.74, 6) is 1.93. The number of halogens is 1. The summed E-state index contributed by atoms with van der Waals surface area (Å²) >= 11 is 6.05. The summed E-state index contributed by atoms with van der Waals surface area (Å²) in [7, 11) is 1.61. The van der Waals surface area contributed by atoms with Crippen molar-refractivity contribution in [2.24, 2.45) is 0 Å². The van der Waals surface area contributed by atoms with Crippen LogP contribution in [-0.4, -0.2) is 12.2 Å². The first-order valence-corrected chi connectivity index (χ1v) is 6.79. The Balaban J connectivity index is 2.27. The minimum absolute atomic E-state index is 0.0897. The molecule has 4 heteroatoms. The zero-order valence-corrected chi connectivity index (χ0v) is 12.3. The Labute approximate surface area is 123 Å². The second-order valence-electron chi connectivity index (χ2n) is 4.35. The predicted octanol–water partition coefficient (Wildman–Crippen LogP) is 4.20. The van der Waals surface area contributed by atoms with Crippen molar-refractivity contribution in [3.8, 4) is 17.2 Å². The van der Waals surface area contributed by atoms with Gasteiger partial charge in [0.25, 0.3) is 0 Å². The van der Waals surface area contributed by atoms with E-state index in [1.807, 2.05) is 18.2 Å². The molecule has 0 saturated heterocycles. The van der Waals surface area contributed by atoms with Crippen molar-refractivity contribution >= 4 is 11.6 Å². The summed E-state index contributed by atoms with van der Waals surface area (Å²) in [5, 5.41) is 9.57. The van der Waals surface area contributed by atoms with Crippen LogP contribution in [0.3, 0.4) is 0 Å². The maximum absolute atomic E-state index is 9.09. The van der Waals surface area contributed by atoms with Gasteiger partial charge < -0.3 is 14.6 Å². The highest BCUT2D eigenvalue weighted by molar-refractivity contribution is 6.31. The Kier molecular flexibility index (Phi) is 4.88. The summed E-state index contributed by atoms with van der Waals surface area (Å²) in [6.07, 6.45) is 0.938. The molecular formula is C16H17ClO3. The molecule has 2 rings (SSSR count). The van der Waals surface area contributed by atoms with E-state index in [-0.39, 0.29) is 6.61 Å². The third-order valence-electron chi connectivity index (χ3n) is 3.06. The number of aliphatic hydroxyl groups excluding tert-OH is 1. The maximum Gasteiger partial charge on any atom is 0.169 e. The highest BCUT2D eigenvalue weighted by atomic mass is 35.5. The normalized spacial score (nSPS) is 10.4. The Morgan fingerprint density at radius 3 is 2.50 bits per heavy atom. The third-order valence-corrected chi connectivity index (χ3v) is 3.41. The van der Waals surface area contributed by atoms with E-state index < -0.39 is 0 Å². The summed E-state index contributed by atoms with van der Waals surface area (Å²) in [6, 6.07) is 11.0. The van der Waals surface area contributed by atoms with Gasteiger partial charge in [-0.2, -0.15) is 0 Å². The average molecular weight is 293 g/mol. The molecule has 0 amide bonds. The molecule has 0 spiro atoms. The van der Waals surface area contributed by atoms with E-state index in [1.54, 1.807) is 25.3 Å². The lowest BCUT2D eigenvalue weighted by Gasteiger charge is -2.12. The number of aryl methyl sites for hydroxylation is 1. The lowest BCUT2D eigenvalue weighted by atomic mass is 10.1. The molecule has 0 aliphatic heterocycles. The SMILES string of the molecule is CCc1ccc(Oc2ccc(CO)c(Cl)c2)c(OC)c1. The molecule has 0 aliphatic rings.